The van der Waals surface area contributed by atoms with E-state index in [1.165, 1.54) is 0 Å². The fourth-order valence-electron chi connectivity index (χ4n) is 1.27. The molecule has 0 saturated heterocycles. The van der Waals surface area contributed by atoms with Crippen molar-refractivity contribution in [2.24, 2.45) is 5.92 Å². The van der Waals surface area contributed by atoms with E-state index in [1.54, 1.807) is 12.1 Å². The minimum atomic E-state index is 0.0936. The fourth-order valence-corrected chi connectivity index (χ4v) is 1.77. The van der Waals surface area contributed by atoms with Crippen LogP contribution in [0.5, 0.6) is 0 Å². The molecule has 0 bridgehead atoms. The van der Waals surface area contributed by atoms with Crippen LogP contribution in [0.15, 0.2) is 18.2 Å². The lowest BCUT2D eigenvalue weighted by Gasteiger charge is -2.06. The van der Waals surface area contributed by atoms with E-state index in [-0.39, 0.29) is 11.7 Å². The van der Waals surface area contributed by atoms with Crippen LogP contribution in [-0.4, -0.2) is 5.78 Å². The lowest BCUT2D eigenvalue weighted by molar-refractivity contribution is -0.121. The summed E-state index contributed by atoms with van der Waals surface area (Å²) in [6, 6.07) is 5.37. The molecule has 0 atom stereocenters. The molecule has 1 rings (SSSR count). The molecule has 0 heterocycles. The molecule has 0 aliphatic heterocycles. The van der Waals surface area contributed by atoms with Gasteiger partial charge in [0, 0.05) is 22.4 Å². The Morgan fingerprint density at radius 1 is 1.33 bits per heavy atom. The Bertz CT molecular complexity index is 359. The molecule has 0 spiro atoms. The maximum absolute atomic E-state index is 11.4. The minimum Gasteiger partial charge on any atom is -0.299 e. The van der Waals surface area contributed by atoms with Gasteiger partial charge in [0.05, 0.1) is 0 Å². The van der Waals surface area contributed by atoms with Crippen LogP contribution in [0.2, 0.25) is 10.0 Å². The largest absolute Gasteiger partial charge is 0.299 e. The predicted octanol–water partition coefficient (Wildman–Crippen LogP) is 4.15. The van der Waals surface area contributed by atoms with E-state index in [2.05, 4.69) is 0 Å². The Morgan fingerprint density at radius 3 is 2.53 bits per heavy atom. The van der Waals surface area contributed by atoms with Gasteiger partial charge in [-0.2, -0.15) is 0 Å². The molecule has 0 saturated carbocycles. The highest BCUT2D eigenvalue weighted by Crippen LogP contribution is 2.22. The summed E-state index contributed by atoms with van der Waals surface area (Å²) >= 11 is 11.8. The average Bonchev–Trinajstić information content (AvgIpc) is 2.15. The molecule has 1 nitrogen and oxygen atoms in total. The summed E-state index contributed by atoms with van der Waals surface area (Å²) in [6.07, 6.45) is 1.23. The Labute approximate surface area is 100 Å². The second kappa shape index (κ2) is 5.53. The van der Waals surface area contributed by atoms with Crippen LogP contribution in [-0.2, 0) is 11.2 Å². The van der Waals surface area contributed by atoms with Crippen molar-refractivity contribution in [3.05, 3.63) is 33.8 Å². The third-order valence-electron chi connectivity index (χ3n) is 2.30. The number of benzene rings is 1. The van der Waals surface area contributed by atoms with Crippen LogP contribution < -0.4 is 0 Å². The van der Waals surface area contributed by atoms with Gasteiger partial charge in [0.15, 0.2) is 0 Å². The van der Waals surface area contributed by atoms with Gasteiger partial charge in [-0.3, -0.25) is 4.79 Å². The van der Waals surface area contributed by atoms with Gasteiger partial charge in [-0.1, -0.05) is 43.1 Å². The van der Waals surface area contributed by atoms with Crippen LogP contribution in [0.3, 0.4) is 0 Å². The molecule has 1 aromatic carbocycles. The summed E-state index contributed by atoms with van der Waals surface area (Å²) in [5, 5.41) is 1.26. The quantitative estimate of drug-likeness (QED) is 0.778. The fraction of sp³-hybridized carbons (Fsp3) is 0.417. The second-order valence-corrected chi connectivity index (χ2v) is 4.70. The van der Waals surface area contributed by atoms with Crippen molar-refractivity contribution < 1.29 is 4.79 Å². The summed E-state index contributed by atoms with van der Waals surface area (Å²) in [6.45, 7) is 3.82. The van der Waals surface area contributed by atoms with Gasteiger partial charge in [0.2, 0.25) is 0 Å². The Hall–Kier alpha value is -0.530. The molecule has 0 aliphatic carbocycles. The van der Waals surface area contributed by atoms with E-state index < -0.39 is 0 Å². The molecular weight excluding hydrogens is 231 g/mol. The van der Waals surface area contributed by atoms with E-state index in [0.717, 1.165) is 5.56 Å². The summed E-state index contributed by atoms with van der Waals surface area (Å²) in [5.41, 5.74) is 0.982. The number of ketones is 1. The Balaban J connectivity index is 2.62. The van der Waals surface area contributed by atoms with Crippen LogP contribution >= 0.6 is 23.2 Å². The molecule has 0 radical (unpaired) electrons. The number of carbonyl (C=O) groups is 1. The number of rotatable bonds is 4. The van der Waals surface area contributed by atoms with Crippen molar-refractivity contribution in [3.63, 3.8) is 0 Å². The number of aryl methyl sites for hydroxylation is 1. The van der Waals surface area contributed by atoms with E-state index in [0.29, 0.717) is 22.9 Å². The molecule has 0 amide bonds. The molecule has 82 valence electrons. The molecular formula is C12H14Cl2O. The van der Waals surface area contributed by atoms with Crippen molar-refractivity contribution in [1.82, 2.24) is 0 Å². The first-order chi connectivity index (χ1) is 7.00. The molecule has 0 aliphatic rings. The van der Waals surface area contributed by atoms with Crippen LogP contribution in [0.1, 0.15) is 25.8 Å². The third kappa shape index (κ3) is 3.84. The predicted molar refractivity (Wildman–Crippen MR) is 64.6 cm³/mol. The first-order valence-corrected chi connectivity index (χ1v) is 5.73. The van der Waals surface area contributed by atoms with E-state index in [1.807, 2.05) is 19.9 Å². The topological polar surface area (TPSA) is 17.1 Å². The maximum Gasteiger partial charge on any atom is 0.135 e. The SMILES string of the molecule is CC(C)C(=O)CCc1ccc(Cl)cc1Cl. The molecule has 0 fully saturated rings. The monoisotopic (exact) mass is 244 g/mol. The highest BCUT2D eigenvalue weighted by Gasteiger charge is 2.08. The smallest absolute Gasteiger partial charge is 0.135 e. The van der Waals surface area contributed by atoms with Crippen molar-refractivity contribution in [3.8, 4) is 0 Å². The van der Waals surface area contributed by atoms with Crippen molar-refractivity contribution in [2.75, 3.05) is 0 Å². The third-order valence-corrected chi connectivity index (χ3v) is 2.89. The molecule has 15 heavy (non-hydrogen) atoms. The maximum atomic E-state index is 11.4. The van der Waals surface area contributed by atoms with Gasteiger partial charge in [0.1, 0.15) is 5.78 Å². The zero-order valence-electron chi connectivity index (χ0n) is 8.89. The summed E-state index contributed by atoms with van der Waals surface area (Å²) in [7, 11) is 0. The molecule has 0 aromatic heterocycles. The highest BCUT2D eigenvalue weighted by atomic mass is 35.5. The number of Topliss-reactive ketones (excluding diaryl/α,β-unsaturated/α-hetero) is 1. The van der Waals surface area contributed by atoms with Gasteiger partial charge in [-0.15, -0.1) is 0 Å². The Morgan fingerprint density at radius 2 is 2.00 bits per heavy atom. The number of halogens is 2. The van der Waals surface area contributed by atoms with Gasteiger partial charge in [-0.25, -0.2) is 0 Å². The van der Waals surface area contributed by atoms with Crippen molar-refractivity contribution in [2.45, 2.75) is 26.7 Å². The van der Waals surface area contributed by atoms with Crippen LogP contribution in [0.4, 0.5) is 0 Å². The van der Waals surface area contributed by atoms with Crippen LogP contribution in [0, 0.1) is 5.92 Å². The normalized spacial score (nSPS) is 10.7. The first kappa shape index (κ1) is 12.5. The molecule has 0 N–H and O–H groups in total. The Kier molecular flexibility index (Phi) is 4.62. The van der Waals surface area contributed by atoms with Crippen molar-refractivity contribution in [1.29, 1.82) is 0 Å². The van der Waals surface area contributed by atoms with Gasteiger partial charge in [-0.05, 0) is 24.1 Å². The van der Waals surface area contributed by atoms with Crippen molar-refractivity contribution >= 4 is 29.0 Å². The molecule has 1 aromatic rings. The van der Waals surface area contributed by atoms with Gasteiger partial charge in [0.25, 0.3) is 0 Å². The number of hydrogen-bond acceptors (Lipinski definition) is 1. The summed E-state index contributed by atoms with van der Waals surface area (Å²) in [4.78, 5) is 11.4. The zero-order chi connectivity index (χ0) is 11.4. The van der Waals surface area contributed by atoms with Gasteiger partial charge < -0.3 is 0 Å². The molecule has 0 unspecified atom stereocenters. The average molecular weight is 245 g/mol. The minimum absolute atomic E-state index is 0.0936. The highest BCUT2D eigenvalue weighted by molar-refractivity contribution is 6.35. The van der Waals surface area contributed by atoms with Gasteiger partial charge >= 0.3 is 0 Å². The standard InChI is InChI=1S/C12H14Cl2O/c1-8(2)12(15)6-4-9-3-5-10(13)7-11(9)14/h3,5,7-8H,4,6H2,1-2H3. The summed E-state index contributed by atoms with van der Waals surface area (Å²) < 4.78 is 0. The van der Waals surface area contributed by atoms with E-state index in [4.69, 9.17) is 23.2 Å². The lowest BCUT2D eigenvalue weighted by atomic mass is 10.0. The lowest BCUT2D eigenvalue weighted by Crippen LogP contribution is -2.07. The first-order valence-electron chi connectivity index (χ1n) is 4.97. The second-order valence-electron chi connectivity index (χ2n) is 3.86. The summed E-state index contributed by atoms with van der Waals surface area (Å²) in [5.74, 6) is 0.358. The zero-order valence-corrected chi connectivity index (χ0v) is 10.4. The number of hydrogen-bond donors (Lipinski definition) is 0. The molecule has 3 heteroatoms. The van der Waals surface area contributed by atoms with Crippen LogP contribution in [0.25, 0.3) is 0 Å². The van der Waals surface area contributed by atoms with E-state index in [9.17, 15) is 4.79 Å². The number of carbonyl (C=O) groups excluding carboxylic acids is 1. The van der Waals surface area contributed by atoms with E-state index >= 15 is 0 Å².